The van der Waals surface area contributed by atoms with Gasteiger partial charge in [-0.1, -0.05) is 13.8 Å². The molecule has 2 aliphatic rings. The van der Waals surface area contributed by atoms with Crippen molar-refractivity contribution in [1.29, 1.82) is 0 Å². The van der Waals surface area contributed by atoms with Crippen LogP contribution in [-0.2, 0) is 4.74 Å². The number of thiazole rings is 1. The number of hydrogen-bond acceptors (Lipinski definition) is 7. The van der Waals surface area contributed by atoms with Crippen molar-refractivity contribution in [3.63, 3.8) is 0 Å². The molecule has 4 aromatic rings. The lowest BCUT2D eigenvalue weighted by atomic mass is 9.85. The highest BCUT2D eigenvalue weighted by Crippen LogP contribution is 2.43. The average molecular weight is 495 g/mol. The molecule has 9 heteroatoms. The maximum absolute atomic E-state index is 5.66. The van der Waals surface area contributed by atoms with Crippen LogP contribution in [0.4, 0.5) is 0 Å². The van der Waals surface area contributed by atoms with Gasteiger partial charge in [0.15, 0.2) is 11.4 Å². The minimum atomic E-state index is 0.340. The molecule has 0 aromatic carbocycles. The second-order valence-electron chi connectivity index (χ2n) is 10.1. The third-order valence-corrected chi connectivity index (χ3v) is 8.79. The normalized spacial score (nSPS) is 22.3. The first-order valence-corrected chi connectivity index (χ1v) is 13.7. The highest BCUT2D eigenvalue weighted by Gasteiger charge is 2.30. The van der Waals surface area contributed by atoms with Crippen molar-refractivity contribution in [2.24, 2.45) is 0 Å². The van der Waals surface area contributed by atoms with Gasteiger partial charge in [0.1, 0.15) is 16.7 Å². The summed E-state index contributed by atoms with van der Waals surface area (Å²) in [6.45, 7) is 8.55. The molecule has 1 aliphatic carbocycles. The predicted molar refractivity (Wildman–Crippen MR) is 139 cm³/mol. The molecule has 1 saturated heterocycles. The summed E-state index contributed by atoms with van der Waals surface area (Å²) in [5, 5.41) is 5.63. The van der Waals surface area contributed by atoms with Crippen LogP contribution < -0.4 is 4.74 Å². The third-order valence-electron chi connectivity index (χ3n) is 7.65. The van der Waals surface area contributed by atoms with Crippen molar-refractivity contribution in [1.82, 2.24) is 29.5 Å². The van der Waals surface area contributed by atoms with Crippen LogP contribution in [-0.4, -0.2) is 68.9 Å². The fourth-order valence-electron chi connectivity index (χ4n) is 5.87. The molecule has 0 radical (unpaired) electrons. The molecule has 0 spiro atoms. The number of nitrogens with zero attached hydrogens (tertiary/aromatic N) is 5. The molecule has 2 fully saturated rings. The molecule has 4 aromatic heterocycles. The van der Waals surface area contributed by atoms with Crippen molar-refractivity contribution in [2.45, 2.75) is 63.8 Å². The Morgan fingerprint density at radius 2 is 2.03 bits per heavy atom. The number of aromatic amines is 1. The number of hydrogen-bond donors (Lipinski definition) is 1. The van der Waals surface area contributed by atoms with E-state index in [0.29, 0.717) is 23.6 Å². The van der Waals surface area contributed by atoms with Gasteiger partial charge in [0.05, 0.1) is 24.4 Å². The predicted octanol–water partition coefficient (Wildman–Crippen LogP) is 5.21. The Hall–Kier alpha value is -2.49. The number of pyridine rings is 1. The van der Waals surface area contributed by atoms with Gasteiger partial charge in [-0.05, 0) is 44.1 Å². The molecule has 6 rings (SSSR count). The molecule has 1 saturated carbocycles. The standard InChI is InChI=1S/C26H34N6O2S/c1-16(2)21-22(18-13-20(33-3)24-27-15-28-32(24)14-18)29-26-23(21)30-25(35-26)17-5-7-19(8-6-17)31-9-4-11-34-12-10-31/h13-17,19,29H,4-12H2,1-3H3. The van der Waals surface area contributed by atoms with E-state index >= 15 is 0 Å². The molecule has 35 heavy (non-hydrogen) atoms. The molecular weight excluding hydrogens is 460 g/mol. The van der Waals surface area contributed by atoms with Gasteiger partial charge in [-0.2, -0.15) is 5.10 Å². The first-order valence-electron chi connectivity index (χ1n) is 12.8. The Balaban J connectivity index is 1.27. The summed E-state index contributed by atoms with van der Waals surface area (Å²) >= 11 is 1.84. The van der Waals surface area contributed by atoms with Crippen LogP contribution in [0.5, 0.6) is 5.75 Å². The van der Waals surface area contributed by atoms with Crippen molar-refractivity contribution in [3.8, 4) is 17.0 Å². The number of ether oxygens (including phenoxy) is 2. The largest absolute Gasteiger partial charge is 0.493 e. The van der Waals surface area contributed by atoms with Gasteiger partial charge in [0.2, 0.25) is 0 Å². The summed E-state index contributed by atoms with van der Waals surface area (Å²) in [5.74, 6) is 1.62. The summed E-state index contributed by atoms with van der Waals surface area (Å²) in [5.41, 5.74) is 5.25. The first kappa shape index (κ1) is 22.9. The summed E-state index contributed by atoms with van der Waals surface area (Å²) < 4.78 is 13.0. The summed E-state index contributed by atoms with van der Waals surface area (Å²) in [6, 6.07) is 2.75. The van der Waals surface area contributed by atoms with Gasteiger partial charge >= 0.3 is 0 Å². The van der Waals surface area contributed by atoms with Gasteiger partial charge in [-0.3, -0.25) is 4.90 Å². The van der Waals surface area contributed by atoms with Gasteiger partial charge in [-0.15, -0.1) is 11.3 Å². The smallest absolute Gasteiger partial charge is 0.197 e. The zero-order valence-corrected chi connectivity index (χ0v) is 21.6. The van der Waals surface area contributed by atoms with Gasteiger partial charge in [0, 0.05) is 49.0 Å². The highest BCUT2D eigenvalue weighted by atomic mass is 32.1. The lowest BCUT2D eigenvalue weighted by molar-refractivity contribution is 0.118. The number of aromatic nitrogens is 5. The van der Waals surface area contributed by atoms with Crippen molar-refractivity contribution < 1.29 is 9.47 Å². The minimum absolute atomic E-state index is 0.340. The van der Waals surface area contributed by atoms with Crippen molar-refractivity contribution in [2.75, 3.05) is 33.4 Å². The van der Waals surface area contributed by atoms with E-state index in [-0.39, 0.29) is 0 Å². The van der Waals surface area contributed by atoms with Gasteiger partial charge in [-0.25, -0.2) is 14.5 Å². The van der Waals surface area contributed by atoms with Crippen LogP contribution in [0, 0.1) is 0 Å². The molecule has 5 heterocycles. The molecule has 0 unspecified atom stereocenters. The van der Waals surface area contributed by atoms with E-state index in [0.717, 1.165) is 48.6 Å². The average Bonchev–Trinajstić information content (AvgIpc) is 3.52. The zero-order valence-electron chi connectivity index (χ0n) is 20.8. The van der Waals surface area contributed by atoms with Crippen LogP contribution in [0.25, 0.3) is 27.3 Å². The molecule has 1 aliphatic heterocycles. The maximum atomic E-state index is 5.66. The van der Waals surface area contributed by atoms with Crippen LogP contribution in [0.3, 0.4) is 0 Å². The van der Waals surface area contributed by atoms with E-state index < -0.39 is 0 Å². The Bertz CT molecular complexity index is 1310. The van der Waals surface area contributed by atoms with Crippen molar-refractivity contribution in [3.05, 3.63) is 29.2 Å². The SMILES string of the molecule is COc1cc(-c2[nH]c3sc(C4CCC(N5CCCOCC5)CC4)nc3c2C(C)C)cn2ncnc12. The Morgan fingerprint density at radius 3 is 2.83 bits per heavy atom. The van der Waals surface area contributed by atoms with Crippen LogP contribution in [0.2, 0.25) is 0 Å². The highest BCUT2D eigenvalue weighted by molar-refractivity contribution is 7.18. The fraction of sp³-hybridized carbons (Fsp3) is 0.577. The van der Waals surface area contributed by atoms with E-state index in [9.17, 15) is 0 Å². The topological polar surface area (TPSA) is 80.6 Å². The van der Waals surface area contributed by atoms with Crippen LogP contribution in [0.15, 0.2) is 18.6 Å². The lowest BCUT2D eigenvalue weighted by Crippen LogP contribution is -2.39. The first-order chi connectivity index (χ1) is 17.1. The fourth-order valence-corrected chi connectivity index (χ4v) is 7.02. The Kier molecular flexibility index (Phi) is 6.24. The summed E-state index contributed by atoms with van der Waals surface area (Å²) in [6.07, 6.45) is 9.71. The van der Waals surface area contributed by atoms with E-state index in [4.69, 9.17) is 14.5 Å². The Morgan fingerprint density at radius 1 is 1.17 bits per heavy atom. The van der Waals surface area contributed by atoms with Crippen molar-refractivity contribution >= 4 is 27.3 Å². The second-order valence-corrected chi connectivity index (χ2v) is 11.2. The van der Waals surface area contributed by atoms with E-state index in [1.54, 1.807) is 18.0 Å². The molecule has 0 amide bonds. The third kappa shape index (κ3) is 4.23. The van der Waals surface area contributed by atoms with E-state index in [2.05, 4.69) is 33.8 Å². The van der Waals surface area contributed by atoms with Crippen LogP contribution in [0.1, 0.15) is 68.4 Å². The molecule has 1 N–H and O–H groups in total. The quantitative estimate of drug-likeness (QED) is 0.410. The Labute approximate surface area is 209 Å². The molecule has 186 valence electrons. The van der Waals surface area contributed by atoms with E-state index in [1.165, 1.54) is 47.6 Å². The van der Waals surface area contributed by atoms with Gasteiger partial charge < -0.3 is 14.5 Å². The zero-order chi connectivity index (χ0) is 23.9. The van der Waals surface area contributed by atoms with Gasteiger partial charge in [0.25, 0.3) is 0 Å². The number of H-pyrrole nitrogens is 1. The molecule has 0 bridgehead atoms. The number of fused-ring (bicyclic) bond motifs is 2. The minimum Gasteiger partial charge on any atom is -0.493 e. The maximum Gasteiger partial charge on any atom is 0.197 e. The molecule has 0 atom stereocenters. The summed E-state index contributed by atoms with van der Waals surface area (Å²) in [4.78, 5) is 17.1. The van der Waals surface area contributed by atoms with Crippen LogP contribution >= 0.6 is 11.3 Å². The molecular formula is C26H34N6O2S. The lowest BCUT2D eigenvalue weighted by Gasteiger charge is -2.35. The second kappa shape index (κ2) is 9.52. The number of rotatable bonds is 5. The monoisotopic (exact) mass is 494 g/mol. The van der Waals surface area contributed by atoms with E-state index in [1.807, 2.05) is 23.6 Å². The molecule has 8 nitrogen and oxygen atoms in total. The number of methoxy groups -OCH3 is 1. The summed E-state index contributed by atoms with van der Waals surface area (Å²) in [7, 11) is 1.67. The number of nitrogens with one attached hydrogen (secondary N) is 1.